The molecule has 0 aliphatic heterocycles. The molecule has 0 heterocycles. The molecule has 52 valence electrons. The minimum atomic E-state index is 0.787. The zero-order valence-corrected chi connectivity index (χ0v) is 5.82. The van der Waals surface area contributed by atoms with Crippen LogP contribution in [-0.2, 0) is 0 Å². The molecular weight excluding hydrogens is 126 g/mol. The van der Waals surface area contributed by atoms with Crippen LogP contribution < -0.4 is 0 Å². The average Bonchev–Trinajstić information content (AvgIpc) is 1.88. The van der Waals surface area contributed by atoms with Gasteiger partial charge in [0.2, 0.25) is 0 Å². The molecule has 0 atom stereocenters. The molecule has 2 heteroatoms. The van der Waals surface area contributed by atoms with Gasteiger partial charge in [0.05, 0.1) is 0 Å². The molecule has 1 rings (SSSR count). The third-order valence-electron chi connectivity index (χ3n) is 1.13. The predicted octanol–water partition coefficient (Wildman–Crippen LogP) is 1.25. The third-order valence-corrected chi connectivity index (χ3v) is 1.13. The maximum Gasteiger partial charge on any atom is 0.181 e. The van der Waals surface area contributed by atoms with Crippen molar-refractivity contribution in [1.29, 1.82) is 0 Å². The molecule has 0 unspecified atom stereocenters. The summed E-state index contributed by atoms with van der Waals surface area (Å²) in [5.74, 6) is 0. The van der Waals surface area contributed by atoms with Crippen molar-refractivity contribution in [1.82, 2.24) is 0 Å². The van der Waals surface area contributed by atoms with E-state index in [0.717, 1.165) is 10.3 Å². The summed E-state index contributed by atoms with van der Waals surface area (Å²) in [6.45, 7) is 0. The Kier molecular flexibility index (Phi) is 2.05. The van der Waals surface area contributed by atoms with E-state index in [2.05, 4.69) is 0 Å². The van der Waals surface area contributed by atoms with E-state index >= 15 is 0 Å². The van der Waals surface area contributed by atoms with Crippen LogP contribution in [0.25, 0.3) is 0 Å². The first-order valence-corrected chi connectivity index (χ1v) is 3.09. The van der Waals surface area contributed by atoms with Gasteiger partial charge >= 0.3 is 0 Å². The molecule has 0 bridgehead atoms. The summed E-state index contributed by atoms with van der Waals surface area (Å²) >= 11 is 0. The highest BCUT2D eigenvalue weighted by atomic mass is 16.5. The van der Waals surface area contributed by atoms with Gasteiger partial charge in [-0.25, -0.2) is 4.74 Å². The van der Waals surface area contributed by atoms with Crippen molar-refractivity contribution in [3.8, 4) is 0 Å². The second-order valence-electron chi connectivity index (χ2n) is 2.09. The molecule has 1 aromatic carbocycles. The van der Waals surface area contributed by atoms with E-state index in [1.165, 1.54) is 13.3 Å². The maximum absolute atomic E-state index is 10.5. The van der Waals surface area contributed by atoms with Crippen molar-refractivity contribution >= 4 is 6.21 Å². The van der Waals surface area contributed by atoms with E-state index in [0.29, 0.717) is 0 Å². The third kappa shape index (κ3) is 1.90. The van der Waals surface area contributed by atoms with Crippen molar-refractivity contribution in [3.63, 3.8) is 0 Å². The van der Waals surface area contributed by atoms with Gasteiger partial charge in [-0.15, -0.1) is 0 Å². The van der Waals surface area contributed by atoms with E-state index in [-0.39, 0.29) is 0 Å². The molecule has 0 amide bonds. The molecule has 0 N–H and O–H groups in total. The lowest BCUT2D eigenvalue weighted by Gasteiger charge is -1.93. The Bertz CT molecular complexity index is 224. The van der Waals surface area contributed by atoms with Gasteiger partial charge in [-0.1, -0.05) is 18.2 Å². The summed E-state index contributed by atoms with van der Waals surface area (Å²) in [4.78, 5) is 0. The standard InChI is InChI=1S/C8H9NO/c1-9(10)7-8-5-3-2-4-6-8/h2-7H,1H3/b9-7-. The van der Waals surface area contributed by atoms with Crippen molar-refractivity contribution < 1.29 is 4.74 Å². The SMILES string of the molecule is C/[N+]([O-])=C/c1ccccc1. The zero-order chi connectivity index (χ0) is 7.40. The number of rotatable bonds is 1. The highest BCUT2D eigenvalue weighted by Gasteiger charge is 1.86. The molecule has 0 saturated carbocycles. The van der Waals surface area contributed by atoms with Crippen LogP contribution in [0.3, 0.4) is 0 Å². The first kappa shape index (κ1) is 6.81. The van der Waals surface area contributed by atoms with Gasteiger partial charge < -0.3 is 5.21 Å². The first-order valence-electron chi connectivity index (χ1n) is 3.09. The van der Waals surface area contributed by atoms with Crippen molar-refractivity contribution in [2.75, 3.05) is 7.05 Å². The molecule has 0 saturated heterocycles. The van der Waals surface area contributed by atoms with Gasteiger partial charge in [-0.05, 0) is 12.1 Å². The van der Waals surface area contributed by atoms with Crippen LogP contribution in [0.15, 0.2) is 30.3 Å². The first-order chi connectivity index (χ1) is 4.79. The largest absolute Gasteiger partial charge is 0.624 e. The summed E-state index contributed by atoms with van der Waals surface area (Å²) in [5.41, 5.74) is 0.931. The summed E-state index contributed by atoms with van der Waals surface area (Å²) in [7, 11) is 1.47. The highest BCUT2D eigenvalue weighted by molar-refractivity contribution is 5.75. The molecular formula is C8H9NO. The number of benzene rings is 1. The minimum absolute atomic E-state index is 0.787. The van der Waals surface area contributed by atoms with Crippen molar-refractivity contribution in [2.24, 2.45) is 0 Å². The fourth-order valence-electron chi connectivity index (χ4n) is 0.749. The molecule has 2 nitrogen and oxygen atoms in total. The summed E-state index contributed by atoms with van der Waals surface area (Å²) in [5, 5.41) is 10.5. The van der Waals surface area contributed by atoms with Crippen LogP contribution in [0.2, 0.25) is 0 Å². The summed E-state index contributed by atoms with van der Waals surface area (Å²) in [6, 6.07) is 9.48. The molecule has 0 radical (unpaired) electrons. The Morgan fingerprint density at radius 2 is 1.90 bits per heavy atom. The van der Waals surface area contributed by atoms with Crippen LogP contribution in [0, 0.1) is 5.21 Å². The van der Waals surface area contributed by atoms with E-state index in [1.54, 1.807) is 0 Å². The maximum atomic E-state index is 10.5. The Morgan fingerprint density at radius 3 is 2.40 bits per heavy atom. The van der Waals surface area contributed by atoms with E-state index < -0.39 is 0 Å². The predicted molar refractivity (Wildman–Crippen MR) is 41.2 cm³/mol. The smallest absolute Gasteiger partial charge is 0.181 e. The zero-order valence-electron chi connectivity index (χ0n) is 5.82. The van der Waals surface area contributed by atoms with Crippen LogP contribution in [-0.4, -0.2) is 18.0 Å². The Morgan fingerprint density at radius 1 is 1.30 bits per heavy atom. The molecule has 0 fully saturated rings. The fourth-order valence-corrected chi connectivity index (χ4v) is 0.749. The monoisotopic (exact) mass is 135 g/mol. The number of nitrogens with zero attached hydrogens (tertiary/aromatic N) is 1. The topological polar surface area (TPSA) is 26.1 Å². The highest BCUT2D eigenvalue weighted by Crippen LogP contribution is 1.92. The lowest BCUT2D eigenvalue weighted by molar-refractivity contribution is -0.416. The van der Waals surface area contributed by atoms with Crippen LogP contribution in [0.4, 0.5) is 0 Å². The van der Waals surface area contributed by atoms with Gasteiger partial charge in [0.15, 0.2) is 6.21 Å². The van der Waals surface area contributed by atoms with Crippen LogP contribution >= 0.6 is 0 Å². The van der Waals surface area contributed by atoms with Gasteiger partial charge in [-0.3, -0.25) is 0 Å². The number of hydrogen-bond acceptors (Lipinski definition) is 1. The number of hydroxylamine groups is 1. The molecule has 1 aromatic rings. The quantitative estimate of drug-likeness (QED) is 0.246. The Balaban J connectivity index is 2.87. The van der Waals surface area contributed by atoms with Crippen LogP contribution in [0.5, 0.6) is 0 Å². The molecule has 0 aromatic heterocycles. The Hall–Kier alpha value is -1.31. The second-order valence-corrected chi connectivity index (χ2v) is 2.09. The van der Waals surface area contributed by atoms with E-state index in [1.807, 2.05) is 30.3 Å². The molecule has 10 heavy (non-hydrogen) atoms. The second kappa shape index (κ2) is 3.01. The molecule has 0 aliphatic rings. The van der Waals surface area contributed by atoms with Gasteiger partial charge in [0.1, 0.15) is 7.05 Å². The van der Waals surface area contributed by atoms with Gasteiger partial charge in [0, 0.05) is 5.56 Å². The number of hydrogen-bond donors (Lipinski definition) is 0. The summed E-state index contributed by atoms with van der Waals surface area (Å²) in [6.07, 6.45) is 1.53. The normalized spacial score (nSPS) is 11.5. The summed E-state index contributed by atoms with van der Waals surface area (Å²) < 4.78 is 0.787. The fraction of sp³-hybridized carbons (Fsp3) is 0.125. The van der Waals surface area contributed by atoms with Crippen LogP contribution in [0.1, 0.15) is 5.56 Å². The lowest BCUT2D eigenvalue weighted by atomic mass is 10.2. The van der Waals surface area contributed by atoms with Gasteiger partial charge in [-0.2, -0.15) is 0 Å². The average molecular weight is 135 g/mol. The van der Waals surface area contributed by atoms with Crippen molar-refractivity contribution in [2.45, 2.75) is 0 Å². The van der Waals surface area contributed by atoms with Crippen molar-refractivity contribution in [3.05, 3.63) is 41.1 Å². The molecule has 0 aliphatic carbocycles. The molecule has 0 spiro atoms. The minimum Gasteiger partial charge on any atom is -0.624 e. The Labute approximate surface area is 60.0 Å². The van der Waals surface area contributed by atoms with E-state index in [9.17, 15) is 5.21 Å². The van der Waals surface area contributed by atoms with E-state index in [4.69, 9.17) is 0 Å². The lowest BCUT2D eigenvalue weighted by Crippen LogP contribution is -1.96. The van der Waals surface area contributed by atoms with Gasteiger partial charge in [0.25, 0.3) is 0 Å².